The normalized spacial score (nSPS) is 13.9. The zero-order valence-corrected chi connectivity index (χ0v) is 88.9. The largest absolute Gasteiger partial charge is 2.00 e. The number of aromatic nitrogens is 1. The molecule has 10 aromatic carbocycles. The number of hydrogen-bond acceptors (Lipinski definition) is 21. The number of ether oxygens (including phenoxy) is 5. The number of nitrogens with zero attached hydrogens (tertiary/aromatic N) is 8. The van der Waals surface area contributed by atoms with Crippen molar-refractivity contribution < 1.29 is 138 Å². The molecule has 0 fully saturated rings. The van der Waals surface area contributed by atoms with Crippen LogP contribution >= 0.6 is 78.3 Å². The fourth-order valence-corrected chi connectivity index (χ4v) is 14.2. The van der Waals surface area contributed by atoms with Crippen LogP contribution in [0.3, 0.4) is 0 Å². The van der Waals surface area contributed by atoms with Gasteiger partial charge in [0.1, 0.15) is 5.75 Å². The Morgan fingerprint density at radius 1 is 0.471 bits per heavy atom. The van der Waals surface area contributed by atoms with Gasteiger partial charge < -0.3 is 77.6 Å². The molecule has 15 rings (SSSR count). The van der Waals surface area contributed by atoms with Gasteiger partial charge in [-0.15, -0.1) is 0 Å². The first-order chi connectivity index (χ1) is 63.8. The Morgan fingerprint density at radius 2 is 0.838 bits per heavy atom. The Hall–Kier alpha value is -11.6. The Kier molecular flexibility index (Phi) is 58.5. The molecule has 34 heteroatoms. The van der Waals surface area contributed by atoms with Gasteiger partial charge in [-0.1, -0.05) is 164 Å². The Bertz CT molecular complexity index is 6050. The summed E-state index contributed by atoms with van der Waals surface area (Å²) in [6.45, 7) is 4.75. The summed E-state index contributed by atoms with van der Waals surface area (Å²) in [6.07, 6.45) is 16.8. The predicted octanol–water partition coefficient (Wildman–Crippen LogP) is 13.6. The van der Waals surface area contributed by atoms with Gasteiger partial charge in [0, 0.05) is 119 Å². The number of rotatable bonds is 16. The average molecular weight is 2170 g/mol. The van der Waals surface area contributed by atoms with E-state index in [-0.39, 0.29) is 174 Å². The van der Waals surface area contributed by atoms with Gasteiger partial charge >= 0.3 is 52.6 Å². The fraction of sp³-hybridized carbons (Fsp3) is 0.157. The van der Waals surface area contributed by atoms with Crippen molar-refractivity contribution in [2.75, 3.05) is 42.7 Å². The second-order valence-electron chi connectivity index (χ2n) is 27.5. The maximum atomic E-state index is 13.1. The van der Waals surface area contributed by atoms with Crippen LogP contribution in [0.4, 0.5) is 0 Å². The molecule has 4 aliphatic heterocycles. The van der Waals surface area contributed by atoms with Crippen molar-refractivity contribution in [3.8, 4) is 47.0 Å². The van der Waals surface area contributed by atoms with Crippen LogP contribution in [-0.4, -0.2) is 137 Å². The first-order valence-electron chi connectivity index (χ1n) is 39.6. The fourth-order valence-electron chi connectivity index (χ4n) is 12.7. The average Bonchev–Trinajstić information content (AvgIpc) is 0.804. The molecule has 1 N–H and O–H groups in total. The SMILES string of the molecule is COc1cc(Br)c(CC(=O)Cl)cc1OC.COc1cc(Br)c(CC(=O)N2C=CC(=O)CC2c2cccc(C#N)c2)cc1OC.COc1ccncc1.C[O-].Clc1c[c-]ccc1.N#Cc1cccc(C2CC(=O)C=CN2)c1.N#Cc1cccc(C2CC(=O)C=CN2C(=O)c2ccccc2)c1.O=C(Cl)c1ccccc1.O=C1C=CN(C(=O)c2ccccc2)C(c2cccc(Cl)c2)C1.[Br-].[C-]#N.[Mg+2].[Na+].[Zn]. The van der Waals surface area contributed by atoms with Gasteiger partial charge in [0.25, 0.3) is 17.1 Å². The second kappa shape index (κ2) is 66.0. The molecule has 4 atom stereocenters. The summed E-state index contributed by atoms with van der Waals surface area (Å²) in [4.78, 5) is 115. The van der Waals surface area contributed by atoms with Crippen LogP contribution in [0.2, 0.25) is 10.0 Å². The summed E-state index contributed by atoms with van der Waals surface area (Å²) >= 11 is 28.8. The van der Waals surface area contributed by atoms with Gasteiger partial charge in [-0.3, -0.25) is 48.1 Å². The van der Waals surface area contributed by atoms with Crippen molar-refractivity contribution >= 4 is 153 Å². The molecule has 24 nitrogen and oxygen atoms in total. The number of hydrogen-bond donors (Lipinski definition) is 1. The summed E-state index contributed by atoms with van der Waals surface area (Å²) in [5.74, 6) is 2.67. The van der Waals surface area contributed by atoms with Gasteiger partial charge in [-0.2, -0.15) is 64.8 Å². The molecule has 0 aliphatic carbocycles. The van der Waals surface area contributed by atoms with E-state index < -0.39 is 22.6 Å². The molecule has 684 valence electrons. The van der Waals surface area contributed by atoms with Crippen LogP contribution < -0.4 is 80.6 Å². The Labute approximate surface area is 888 Å². The van der Waals surface area contributed by atoms with Crippen molar-refractivity contribution in [2.45, 2.75) is 62.7 Å². The minimum atomic E-state index is -0.452. The Morgan fingerprint density at radius 3 is 1.19 bits per heavy atom. The minimum absolute atomic E-state index is 0. The molecule has 136 heavy (non-hydrogen) atoms. The zero-order chi connectivity index (χ0) is 96.4. The molecule has 0 bridgehead atoms. The van der Waals surface area contributed by atoms with Crippen LogP contribution in [0.15, 0.2) is 319 Å². The first kappa shape index (κ1) is 121. The van der Waals surface area contributed by atoms with Gasteiger partial charge in [0.2, 0.25) is 11.1 Å². The number of amides is 3. The molecule has 0 saturated heterocycles. The number of nitriles is 3. The molecule has 4 unspecified atom stereocenters. The number of allylic oxidation sites excluding steroid dienone is 4. The van der Waals surface area contributed by atoms with E-state index in [1.165, 1.54) is 50.9 Å². The first-order valence-corrected chi connectivity index (χ1v) is 42.7. The van der Waals surface area contributed by atoms with Crippen molar-refractivity contribution in [1.82, 2.24) is 25.0 Å². The van der Waals surface area contributed by atoms with Crippen LogP contribution in [0, 0.1) is 51.9 Å². The van der Waals surface area contributed by atoms with Crippen molar-refractivity contribution in [3.63, 3.8) is 0 Å². The van der Waals surface area contributed by atoms with Crippen molar-refractivity contribution in [2.24, 2.45) is 0 Å². The molecule has 1 aromatic heterocycles. The third-order valence-corrected chi connectivity index (χ3v) is 21.3. The molecular formula is C102H86Br3Cl4MgN9NaO15Zn-. The van der Waals surface area contributed by atoms with E-state index in [0.717, 1.165) is 60.2 Å². The van der Waals surface area contributed by atoms with E-state index >= 15 is 0 Å². The third kappa shape index (κ3) is 39.6. The number of carbonyl (C=O) groups excluding carboxylic acids is 9. The van der Waals surface area contributed by atoms with E-state index in [4.69, 9.17) is 103 Å². The van der Waals surface area contributed by atoms with E-state index in [2.05, 4.69) is 66.4 Å². The van der Waals surface area contributed by atoms with E-state index in [9.17, 15) is 43.2 Å². The number of halogens is 7. The summed E-state index contributed by atoms with van der Waals surface area (Å²) < 4.78 is 27.2. The van der Waals surface area contributed by atoms with Gasteiger partial charge in [0.05, 0.1) is 101 Å². The maximum absolute atomic E-state index is 13.1. The molecule has 4 aliphatic rings. The number of carbonyl (C=O) groups is 9. The van der Waals surface area contributed by atoms with Gasteiger partial charge in [0.15, 0.2) is 46.1 Å². The van der Waals surface area contributed by atoms with Gasteiger partial charge in [-0.25, -0.2) is 0 Å². The summed E-state index contributed by atoms with van der Waals surface area (Å²) in [7, 11) is 8.56. The monoisotopic (exact) mass is 2160 g/mol. The molecule has 11 aromatic rings. The molecule has 0 spiro atoms. The van der Waals surface area contributed by atoms with Crippen molar-refractivity contribution in [1.29, 1.82) is 21.0 Å². The topological polar surface area (TPSA) is 353 Å². The maximum Gasteiger partial charge on any atom is 2.00 e. The molecule has 5 heterocycles. The van der Waals surface area contributed by atoms with E-state index in [0.29, 0.717) is 67.8 Å². The zero-order valence-electron chi connectivity index (χ0n) is 74.8. The standard InChI is InChI=1S/C22H19BrN2O4.C19H14N2O2.C18H14ClNO2.C12H10N2O.C10H10BrClO3.C7H5ClO.C6H4Cl.C6H7NO.CN.CH3O.BrH.Mg.Na.Zn/c1-28-20-9-16(18(23)12-21(20)29-2)10-22(27)25-7-6-17(26)11-19(25)15-5-3-4-14(8-15)13-24;20-13-14-5-4-8-16(11-14)18-12-17(22)9-10-21(18)19(23)15-6-2-1-3-7-15;19-15-8-4-7-14(11-15)17-12-16(21)9-10-20(17)18(22)13-5-2-1-3-6-13;13-8-9-2-1-3-10(6-9)12-7-11(15)4-5-14-12;1-14-8-3-6(4-10(12)13)7(11)5-9(8)15-2;8-7(9)6-4-2-1-3-5-6;7-6-4-2-1-3-5-6;1-8-6-2-4-7-5-3-6;2*1-2;;;;/h3-9,12,19H,10-11H2,1-2H3;1-11,18H,12H2;1-11,17H,12H2;1-6,12,14H,7H2;3,5H,4H2,1-2H3;1-5H;1-2,4-5H;2-5H,1H3;;1H3;1H;;;/q;;;;;;-1;;2*-1;;+2;+1;/p-1. The molecule has 3 amide bonds. The van der Waals surface area contributed by atoms with Gasteiger partial charge in [-0.05, 0) is 190 Å². The summed E-state index contributed by atoms with van der Waals surface area (Å²) in [5.41, 5.74) is 8.19. The minimum Gasteiger partial charge on any atom is -1.00 e. The number of benzene rings is 10. The summed E-state index contributed by atoms with van der Waals surface area (Å²) in [5, 5.41) is 45.1. The second-order valence-corrected chi connectivity index (χ2v) is 30.9. The molecule has 0 radical (unpaired) electrons. The number of ketones is 4. The number of nitrogens with one attached hydrogen (secondary N) is 1. The smallest absolute Gasteiger partial charge is 1.00 e. The molecule has 0 saturated carbocycles. The number of pyridine rings is 1. The van der Waals surface area contributed by atoms with E-state index in [1.54, 1.807) is 219 Å². The quantitative estimate of drug-likeness (QED) is 0.0533. The van der Waals surface area contributed by atoms with E-state index in [1.807, 2.05) is 91.0 Å². The Balaban J connectivity index is 0.000000539. The number of methoxy groups -OCH3 is 5. The van der Waals surface area contributed by atoms with Crippen LogP contribution in [0.5, 0.6) is 28.7 Å². The van der Waals surface area contributed by atoms with Crippen LogP contribution in [-0.2, 0) is 61.1 Å². The van der Waals surface area contributed by atoms with Crippen molar-refractivity contribution in [3.05, 3.63) is 409 Å². The molecular weight excluding hydrogens is 2090 g/mol. The third-order valence-electron chi connectivity index (χ3n) is 19.0. The van der Waals surface area contributed by atoms with Crippen LogP contribution in [0.1, 0.15) is 131 Å². The summed E-state index contributed by atoms with van der Waals surface area (Å²) in [6, 6.07) is 81.0. The van der Waals surface area contributed by atoms with Crippen LogP contribution in [0.25, 0.3) is 0 Å². The predicted molar refractivity (Wildman–Crippen MR) is 513 cm³/mol.